The number of nitrogens with zero attached hydrogens (tertiary/aromatic N) is 2. The van der Waals surface area contributed by atoms with E-state index in [-0.39, 0.29) is 12.0 Å². The predicted octanol–water partition coefficient (Wildman–Crippen LogP) is 3.34. The van der Waals surface area contributed by atoms with Gasteiger partial charge in [-0.3, -0.25) is 4.79 Å². The lowest BCUT2D eigenvalue weighted by molar-refractivity contribution is -0.142. The zero-order valence-electron chi connectivity index (χ0n) is 17.4. The van der Waals surface area contributed by atoms with E-state index >= 15 is 0 Å². The molecule has 0 saturated carbocycles. The summed E-state index contributed by atoms with van der Waals surface area (Å²) in [6.07, 6.45) is 1.83. The van der Waals surface area contributed by atoms with Gasteiger partial charge in [0.25, 0.3) is 0 Å². The largest absolute Gasteiger partial charge is 0.481 e. The van der Waals surface area contributed by atoms with Gasteiger partial charge in [-0.25, -0.2) is 4.79 Å². The lowest BCUT2D eigenvalue weighted by atomic mass is 9.97. The number of carboxylic acid groups (broad SMARTS) is 1. The number of amides is 1. The Bertz CT molecular complexity index is 647. The van der Waals surface area contributed by atoms with Crippen LogP contribution >= 0.6 is 0 Å². The van der Waals surface area contributed by atoms with Gasteiger partial charge in [-0.1, -0.05) is 0 Å². The average Bonchev–Trinajstić information content (AvgIpc) is 2.64. The molecule has 1 amide bonds. The van der Waals surface area contributed by atoms with E-state index in [1.807, 2.05) is 27.8 Å². The van der Waals surface area contributed by atoms with E-state index in [9.17, 15) is 9.59 Å². The normalized spacial score (nSPS) is 15.2. The Hall–Kier alpha value is -2.44. The minimum atomic E-state index is -0.683. The third-order valence-corrected chi connectivity index (χ3v) is 4.84. The molecule has 156 valence electrons. The van der Waals surface area contributed by atoms with Gasteiger partial charge >= 0.3 is 12.1 Å². The SMILES string of the molecule is CN(CCCNC(=O)OC(C)(C)C)c1ccc(N2CCC(C(=O)O)CC2)cc1. The predicted molar refractivity (Wildman–Crippen MR) is 111 cm³/mol. The number of benzene rings is 1. The maximum atomic E-state index is 11.6. The van der Waals surface area contributed by atoms with E-state index < -0.39 is 11.6 Å². The Morgan fingerprint density at radius 1 is 1.21 bits per heavy atom. The van der Waals surface area contributed by atoms with Crippen LogP contribution in [0.2, 0.25) is 0 Å². The van der Waals surface area contributed by atoms with Crippen LogP contribution in [-0.2, 0) is 9.53 Å². The molecule has 0 aromatic heterocycles. The van der Waals surface area contributed by atoms with Crippen molar-refractivity contribution in [2.45, 2.75) is 45.6 Å². The summed E-state index contributed by atoms with van der Waals surface area (Å²) < 4.78 is 5.22. The zero-order chi connectivity index (χ0) is 20.7. The number of carbonyl (C=O) groups excluding carboxylic acids is 1. The molecule has 1 fully saturated rings. The Labute approximate surface area is 167 Å². The number of carbonyl (C=O) groups is 2. The van der Waals surface area contributed by atoms with Gasteiger partial charge in [0.05, 0.1) is 5.92 Å². The maximum absolute atomic E-state index is 11.6. The molecule has 0 radical (unpaired) electrons. The second-order valence-corrected chi connectivity index (χ2v) is 8.32. The molecule has 1 saturated heterocycles. The number of piperidine rings is 1. The van der Waals surface area contributed by atoms with E-state index in [1.54, 1.807) is 0 Å². The van der Waals surface area contributed by atoms with Crippen molar-refractivity contribution in [1.82, 2.24) is 5.32 Å². The Morgan fingerprint density at radius 2 is 1.82 bits per heavy atom. The first-order valence-corrected chi connectivity index (χ1v) is 9.91. The van der Waals surface area contributed by atoms with Crippen LogP contribution in [0.5, 0.6) is 0 Å². The summed E-state index contributed by atoms with van der Waals surface area (Å²) in [7, 11) is 2.03. The fraction of sp³-hybridized carbons (Fsp3) is 0.619. The molecule has 7 heteroatoms. The number of hydrogen-bond acceptors (Lipinski definition) is 5. The molecule has 2 N–H and O–H groups in total. The van der Waals surface area contributed by atoms with Crippen LogP contribution in [0.3, 0.4) is 0 Å². The molecule has 2 rings (SSSR count). The molecule has 0 aliphatic carbocycles. The van der Waals surface area contributed by atoms with Gasteiger partial charge < -0.3 is 25.0 Å². The summed E-state index contributed by atoms with van der Waals surface area (Å²) in [5.74, 6) is -0.895. The fourth-order valence-electron chi connectivity index (χ4n) is 3.25. The third kappa shape index (κ3) is 6.94. The standard InChI is InChI=1S/C21H33N3O4/c1-21(2,3)28-20(27)22-12-5-13-23(4)17-6-8-18(9-7-17)24-14-10-16(11-15-24)19(25)26/h6-9,16H,5,10-15H2,1-4H3,(H,22,27)(H,25,26). The Balaban J connectivity index is 1.74. The van der Waals surface area contributed by atoms with Gasteiger partial charge in [0.2, 0.25) is 0 Å². The number of hydrogen-bond donors (Lipinski definition) is 2. The van der Waals surface area contributed by atoms with Crippen LogP contribution in [0.1, 0.15) is 40.0 Å². The monoisotopic (exact) mass is 391 g/mol. The zero-order valence-corrected chi connectivity index (χ0v) is 17.4. The number of anilines is 2. The van der Waals surface area contributed by atoms with Crippen LogP contribution in [0, 0.1) is 5.92 Å². The lowest BCUT2D eigenvalue weighted by Crippen LogP contribution is -2.36. The summed E-state index contributed by atoms with van der Waals surface area (Å²) in [6.45, 7) is 8.48. The van der Waals surface area contributed by atoms with Crippen molar-refractivity contribution in [3.8, 4) is 0 Å². The third-order valence-electron chi connectivity index (χ3n) is 4.84. The van der Waals surface area contributed by atoms with Gasteiger partial charge in [0, 0.05) is 44.6 Å². The number of aliphatic carboxylic acids is 1. The molecule has 1 aliphatic rings. The molecule has 0 unspecified atom stereocenters. The van der Waals surface area contributed by atoms with Crippen molar-refractivity contribution in [1.29, 1.82) is 0 Å². The highest BCUT2D eigenvalue weighted by Gasteiger charge is 2.24. The fourth-order valence-corrected chi connectivity index (χ4v) is 3.25. The maximum Gasteiger partial charge on any atom is 0.407 e. The second-order valence-electron chi connectivity index (χ2n) is 8.32. The highest BCUT2D eigenvalue weighted by molar-refractivity contribution is 5.70. The van der Waals surface area contributed by atoms with E-state index in [4.69, 9.17) is 9.84 Å². The summed E-state index contributed by atoms with van der Waals surface area (Å²) in [5.41, 5.74) is 1.76. The quantitative estimate of drug-likeness (QED) is 0.694. The second kappa shape index (κ2) is 9.66. The van der Waals surface area contributed by atoms with E-state index in [1.165, 1.54) is 0 Å². The topological polar surface area (TPSA) is 82.1 Å². The highest BCUT2D eigenvalue weighted by Crippen LogP contribution is 2.25. The molecular weight excluding hydrogens is 358 g/mol. The first-order valence-electron chi connectivity index (χ1n) is 9.91. The van der Waals surface area contributed by atoms with Crippen molar-refractivity contribution in [2.75, 3.05) is 43.0 Å². The molecule has 7 nitrogen and oxygen atoms in total. The molecule has 0 bridgehead atoms. The van der Waals surface area contributed by atoms with Crippen molar-refractivity contribution >= 4 is 23.4 Å². The van der Waals surface area contributed by atoms with Crippen LogP contribution in [0.25, 0.3) is 0 Å². The van der Waals surface area contributed by atoms with Crippen LogP contribution in [0.4, 0.5) is 16.2 Å². The van der Waals surface area contributed by atoms with Gasteiger partial charge in [-0.2, -0.15) is 0 Å². The van der Waals surface area contributed by atoms with Crippen molar-refractivity contribution in [3.63, 3.8) is 0 Å². The van der Waals surface area contributed by atoms with Gasteiger partial charge in [-0.15, -0.1) is 0 Å². The van der Waals surface area contributed by atoms with Gasteiger partial charge in [0.15, 0.2) is 0 Å². The van der Waals surface area contributed by atoms with E-state index in [0.29, 0.717) is 19.4 Å². The lowest BCUT2D eigenvalue weighted by Gasteiger charge is -2.32. The molecule has 1 aromatic carbocycles. The van der Waals surface area contributed by atoms with Gasteiger partial charge in [0.1, 0.15) is 5.60 Å². The minimum Gasteiger partial charge on any atom is -0.481 e. The van der Waals surface area contributed by atoms with Crippen molar-refractivity contribution < 1.29 is 19.4 Å². The number of ether oxygens (including phenoxy) is 1. The van der Waals surface area contributed by atoms with Crippen molar-refractivity contribution in [2.24, 2.45) is 5.92 Å². The summed E-state index contributed by atoms with van der Waals surface area (Å²) >= 11 is 0. The highest BCUT2D eigenvalue weighted by atomic mass is 16.6. The first kappa shape index (κ1) is 21.9. The number of nitrogens with one attached hydrogen (secondary N) is 1. The Morgan fingerprint density at radius 3 is 2.36 bits per heavy atom. The first-order chi connectivity index (χ1) is 13.2. The molecule has 0 spiro atoms. The molecule has 1 heterocycles. The minimum absolute atomic E-state index is 0.212. The summed E-state index contributed by atoms with van der Waals surface area (Å²) in [6, 6.07) is 8.34. The summed E-state index contributed by atoms with van der Waals surface area (Å²) in [4.78, 5) is 27.1. The van der Waals surface area contributed by atoms with Crippen LogP contribution < -0.4 is 15.1 Å². The van der Waals surface area contributed by atoms with E-state index in [0.717, 1.165) is 37.4 Å². The molecule has 1 aliphatic heterocycles. The molecule has 0 atom stereocenters. The molecular formula is C21H33N3O4. The Kier molecular flexibility index (Phi) is 7.54. The summed E-state index contributed by atoms with van der Waals surface area (Å²) in [5, 5.41) is 11.9. The van der Waals surface area contributed by atoms with Crippen molar-refractivity contribution in [3.05, 3.63) is 24.3 Å². The number of alkyl carbamates (subject to hydrolysis) is 1. The number of carboxylic acids is 1. The molecule has 28 heavy (non-hydrogen) atoms. The number of rotatable bonds is 7. The molecule has 1 aromatic rings. The average molecular weight is 392 g/mol. The van der Waals surface area contributed by atoms with Gasteiger partial charge in [-0.05, 0) is 64.3 Å². The smallest absolute Gasteiger partial charge is 0.407 e. The van der Waals surface area contributed by atoms with E-state index in [2.05, 4.69) is 39.4 Å². The van der Waals surface area contributed by atoms with Crippen LogP contribution in [-0.4, -0.2) is 56.0 Å². The van der Waals surface area contributed by atoms with Crippen LogP contribution in [0.15, 0.2) is 24.3 Å².